The second-order valence-electron chi connectivity index (χ2n) is 6.43. The summed E-state index contributed by atoms with van der Waals surface area (Å²) >= 11 is 0. The van der Waals surface area contributed by atoms with Gasteiger partial charge in [-0.1, -0.05) is 6.07 Å². The van der Waals surface area contributed by atoms with Crippen LogP contribution in [0.4, 0.5) is 4.39 Å². The van der Waals surface area contributed by atoms with Crippen molar-refractivity contribution >= 4 is 5.91 Å². The van der Waals surface area contributed by atoms with Crippen LogP contribution in [-0.4, -0.2) is 46.4 Å². The summed E-state index contributed by atoms with van der Waals surface area (Å²) in [6.07, 6.45) is 2.83. The van der Waals surface area contributed by atoms with E-state index in [0.29, 0.717) is 26.0 Å². The first-order valence-electron chi connectivity index (χ1n) is 8.37. The molecular weight excluding hydrogens is 311 g/mol. The highest BCUT2D eigenvalue weighted by molar-refractivity contribution is 5.76. The van der Waals surface area contributed by atoms with Gasteiger partial charge in [0.15, 0.2) is 11.6 Å². The van der Waals surface area contributed by atoms with Gasteiger partial charge < -0.3 is 20.1 Å². The molecule has 0 aromatic heterocycles. The molecule has 2 rings (SSSR count). The number of rotatable bonds is 8. The van der Waals surface area contributed by atoms with Crippen LogP contribution in [0.15, 0.2) is 18.2 Å². The van der Waals surface area contributed by atoms with Gasteiger partial charge in [-0.2, -0.15) is 0 Å². The third-order valence-electron chi connectivity index (χ3n) is 4.63. The lowest BCUT2D eigenvalue weighted by Crippen LogP contribution is -2.47. The number of hydrogen-bond acceptors (Lipinski definition) is 4. The van der Waals surface area contributed by atoms with Crippen LogP contribution in [0.5, 0.6) is 5.75 Å². The van der Waals surface area contributed by atoms with Gasteiger partial charge >= 0.3 is 0 Å². The zero-order valence-electron chi connectivity index (χ0n) is 14.5. The highest BCUT2D eigenvalue weighted by Crippen LogP contribution is 2.28. The minimum absolute atomic E-state index is 0.0137. The van der Waals surface area contributed by atoms with Crippen LogP contribution in [-0.2, 0) is 16.0 Å². The second-order valence-corrected chi connectivity index (χ2v) is 6.43. The SMILES string of the molecule is COCC1(CNC(=O)CCc2ccc(OC)c(F)c2)CCNCC1. The molecule has 1 fully saturated rings. The summed E-state index contributed by atoms with van der Waals surface area (Å²) in [7, 11) is 3.13. The molecule has 1 aromatic rings. The van der Waals surface area contributed by atoms with E-state index < -0.39 is 5.82 Å². The van der Waals surface area contributed by atoms with E-state index >= 15 is 0 Å². The van der Waals surface area contributed by atoms with E-state index in [1.807, 2.05) is 0 Å². The summed E-state index contributed by atoms with van der Waals surface area (Å²) < 4.78 is 23.9. The normalized spacial score (nSPS) is 16.6. The zero-order chi connectivity index (χ0) is 17.4. The molecule has 5 nitrogen and oxygen atoms in total. The van der Waals surface area contributed by atoms with E-state index in [-0.39, 0.29) is 17.1 Å². The van der Waals surface area contributed by atoms with E-state index in [0.717, 1.165) is 31.5 Å². The number of amides is 1. The van der Waals surface area contributed by atoms with Gasteiger partial charge in [-0.3, -0.25) is 4.79 Å². The summed E-state index contributed by atoms with van der Waals surface area (Å²) in [5, 5.41) is 6.35. The Hall–Kier alpha value is -1.66. The summed E-state index contributed by atoms with van der Waals surface area (Å²) in [6.45, 7) is 3.17. The van der Waals surface area contributed by atoms with Gasteiger partial charge in [-0.15, -0.1) is 0 Å². The Kier molecular flexibility index (Phi) is 6.99. The third-order valence-corrected chi connectivity index (χ3v) is 4.63. The average molecular weight is 338 g/mol. The quantitative estimate of drug-likeness (QED) is 0.760. The Morgan fingerprint density at radius 1 is 1.33 bits per heavy atom. The van der Waals surface area contributed by atoms with Crippen molar-refractivity contribution in [2.75, 3.05) is 40.5 Å². The van der Waals surface area contributed by atoms with Gasteiger partial charge in [-0.05, 0) is 50.0 Å². The number of halogens is 1. The first-order chi connectivity index (χ1) is 11.6. The molecule has 1 aliphatic rings. The maximum Gasteiger partial charge on any atom is 0.220 e. The molecule has 1 aliphatic heterocycles. The van der Waals surface area contributed by atoms with Crippen molar-refractivity contribution in [1.29, 1.82) is 0 Å². The minimum Gasteiger partial charge on any atom is -0.494 e. The smallest absolute Gasteiger partial charge is 0.220 e. The van der Waals surface area contributed by atoms with Gasteiger partial charge in [0, 0.05) is 25.5 Å². The Morgan fingerprint density at radius 2 is 2.08 bits per heavy atom. The lowest BCUT2D eigenvalue weighted by Gasteiger charge is -2.37. The Labute approximate surface area is 142 Å². The summed E-state index contributed by atoms with van der Waals surface area (Å²) in [6, 6.07) is 4.80. The van der Waals surface area contributed by atoms with Crippen molar-refractivity contribution in [3.05, 3.63) is 29.6 Å². The van der Waals surface area contributed by atoms with E-state index in [2.05, 4.69) is 10.6 Å². The standard InChI is InChI=1S/C18H27FN2O3/c1-23-13-18(7-9-20-10-8-18)12-21-17(22)6-4-14-3-5-16(24-2)15(19)11-14/h3,5,11,20H,4,6-10,12-13H2,1-2H3,(H,21,22). The summed E-state index contributed by atoms with van der Waals surface area (Å²) in [5.41, 5.74) is 0.805. The summed E-state index contributed by atoms with van der Waals surface area (Å²) in [4.78, 5) is 12.1. The lowest BCUT2D eigenvalue weighted by atomic mass is 9.79. The molecule has 134 valence electrons. The van der Waals surface area contributed by atoms with Gasteiger partial charge in [0.2, 0.25) is 5.91 Å². The van der Waals surface area contributed by atoms with Crippen LogP contribution in [0.2, 0.25) is 0 Å². The van der Waals surface area contributed by atoms with Crippen LogP contribution in [0.25, 0.3) is 0 Å². The first kappa shape index (κ1) is 18.7. The molecule has 0 radical (unpaired) electrons. The van der Waals surface area contributed by atoms with Crippen molar-refractivity contribution in [1.82, 2.24) is 10.6 Å². The van der Waals surface area contributed by atoms with E-state index in [9.17, 15) is 9.18 Å². The minimum atomic E-state index is -0.399. The molecular formula is C18H27FN2O3. The molecule has 0 unspecified atom stereocenters. The highest BCUT2D eigenvalue weighted by Gasteiger charge is 2.32. The predicted octanol–water partition coefficient (Wildman–Crippen LogP) is 1.90. The summed E-state index contributed by atoms with van der Waals surface area (Å²) in [5.74, 6) is -0.194. The first-order valence-corrected chi connectivity index (χ1v) is 8.37. The van der Waals surface area contributed by atoms with Gasteiger partial charge in [0.05, 0.1) is 13.7 Å². The number of carbonyl (C=O) groups is 1. The van der Waals surface area contributed by atoms with Gasteiger partial charge in [-0.25, -0.2) is 4.39 Å². The van der Waals surface area contributed by atoms with Crippen molar-refractivity contribution in [2.45, 2.75) is 25.7 Å². The molecule has 1 saturated heterocycles. The molecule has 0 aliphatic carbocycles. The van der Waals surface area contributed by atoms with Gasteiger partial charge in [0.25, 0.3) is 0 Å². The van der Waals surface area contributed by atoms with Crippen LogP contribution in [0.3, 0.4) is 0 Å². The highest BCUT2D eigenvalue weighted by atomic mass is 19.1. The van der Waals surface area contributed by atoms with Crippen LogP contribution >= 0.6 is 0 Å². The number of benzene rings is 1. The molecule has 0 atom stereocenters. The molecule has 1 aromatic carbocycles. The Morgan fingerprint density at radius 3 is 2.71 bits per heavy atom. The van der Waals surface area contributed by atoms with Crippen molar-refractivity contribution in [3.8, 4) is 5.75 Å². The second kappa shape index (κ2) is 8.99. The molecule has 1 heterocycles. The predicted molar refractivity (Wildman–Crippen MR) is 90.7 cm³/mol. The lowest BCUT2D eigenvalue weighted by molar-refractivity contribution is -0.122. The van der Waals surface area contributed by atoms with Crippen LogP contribution < -0.4 is 15.4 Å². The fourth-order valence-corrected chi connectivity index (χ4v) is 3.13. The topological polar surface area (TPSA) is 59.6 Å². The third kappa shape index (κ3) is 5.18. The maximum atomic E-state index is 13.7. The number of carbonyl (C=O) groups excluding carboxylic acids is 1. The van der Waals surface area contributed by atoms with Crippen LogP contribution in [0, 0.1) is 11.2 Å². The molecule has 2 N–H and O–H groups in total. The fourth-order valence-electron chi connectivity index (χ4n) is 3.13. The fraction of sp³-hybridized carbons (Fsp3) is 0.611. The largest absolute Gasteiger partial charge is 0.494 e. The molecule has 1 amide bonds. The number of aryl methyl sites for hydroxylation is 1. The maximum absolute atomic E-state index is 13.7. The number of nitrogens with one attached hydrogen (secondary N) is 2. The van der Waals surface area contributed by atoms with E-state index in [1.54, 1.807) is 19.2 Å². The number of ether oxygens (including phenoxy) is 2. The number of methoxy groups -OCH3 is 2. The molecule has 0 bridgehead atoms. The van der Waals surface area contributed by atoms with Crippen molar-refractivity contribution < 1.29 is 18.7 Å². The van der Waals surface area contributed by atoms with Crippen molar-refractivity contribution in [2.24, 2.45) is 5.41 Å². The molecule has 6 heteroatoms. The molecule has 0 saturated carbocycles. The van der Waals surface area contributed by atoms with Crippen LogP contribution in [0.1, 0.15) is 24.8 Å². The van der Waals surface area contributed by atoms with Gasteiger partial charge in [0.1, 0.15) is 0 Å². The molecule has 0 spiro atoms. The van der Waals surface area contributed by atoms with E-state index in [4.69, 9.17) is 9.47 Å². The Balaban J connectivity index is 1.81. The van der Waals surface area contributed by atoms with E-state index in [1.165, 1.54) is 13.2 Å². The number of hydrogen-bond donors (Lipinski definition) is 2. The average Bonchev–Trinajstić information content (AvgIpc) is 2.59. The monoisotopic (exact) mass is 338 g/mol. The number of piperidine rings is 1. The Bertz CT molecular complexity index is 540. The van der Waals surface area contributed by atoms with Crippen molar-refractivity contribution in [3.63, 3.8) is 0 Å². The zero-order valence-corrected chi connectivity index (χ0v) is 14.5. The molecule has 24 heavy (non-hydrogen) atoms.